The van der Waals surface area contributed by atoms with Crippen molar-refractivity contribution < 1.29 is 9.53 Å². The molecule has 1 N–H and O–H groups in total. The van der Waals surface area contributed by atoms with Crippen molar-refractivity contribution in [1.82, 2.24) is 10.3 Å². The lowest BCUT2D eigenvalue weighted by Crippen LogP contribution is -2.47. The first-order chi connectivity index (χ1) is 9.03. The zero-order valence-electron chi connectivity index (χ0n) is 11.4. The zero-order chi connectivity index (χ0) is 13.9. The molecule has 0 fully saturated rings. The van der Waals surface area contributed by atoms with Crippen molar-refractivity contribution in [3.05, 3.63) is 42.1 Å². The molecule has 2 rings (SSSR count). The van der Waals surface area contributed by atoms with E-state index in [1.54, 1.807) is 13.8 Å². The highest BCUT2D eigenvalue weighted by Crippen LogP contribution is 2.12. The normalized spacial score (nSPS) is 11.5. The van der Waals surface area contributed by atoms with Gasteiger partial charge in [-0.1, -0.05) is 24.3 Å². The van der Waals surface area contributed by atoms with E-state index in [0.29, 0.717) is 6.54 Å². The number of nitrogens with one attached hydrogen (secondary N) is 1. The molecule has 0 amide bonds. The summed E-state index contributed by atoms with van der Waals surface area (Å²) in [6, 6.07) is 11.9. The third-order valence-electron chi connectivity index (χ3n) is 3.06. The van der Waals surface area contributed by atoms with Crippen LogP contribution in [0.2, 0.25) is 0 Å². The Labute approximate surface area is 112 Å². The average Bonchev–Trinajstić information content (AvgIpc) is 2.44. The summed E-state index contributed by atoms with van der Waals surface area (Å²) < 4.78 is 4.75. The van der Waals surface area contributed by atoms with Crippen molar-refractivity contribution in [2.45, 2.75) is 25.9 Å². The molecule has 0 aliphatic carbocycles. The Morgan fingerprint density at radius 1 is 1.26 bits per heavy atom. The molecule has 0 spiro atoms. The maximum Gasteiger partial charge on any atom is 0.325 e. The number of hydrogen-bond donors (Lipinski definition) is 1. The summed E-state index contributed by atoms with van der Waals surface area (Å²) in [7, 11) is 1.39. The molecule has 4 heteroatoms. The molecule has 0 radical (unpaired) electrons. The predicted octanol–water partition coefficient (Wildman–Crippen LogP) is 2.28. The third-order valence-corrected chi connectivity index (χ3v) is 3.06. The van der Waals surface area contributed by atoms with Crippen molar-refractivity contribution in [2.75, 3.05) is 7.11 Å². The molecule has 1 aromatic carbocycles. The lowest BCUT2D eigenvalue weighted by Gasteiger charge is -2.22. The molecule has 0 aliphatic rings. The van der Waals surface area contributed by atoms with Crippen LogP contribution in [0, 0.1) is 0 Å². The van der Waals surface area contributed by atoms with Gasteiger partial charge in [0.1, 0.15) is 5.54 Å². The van der Waals surface area contributed by atoms with Gasteiger partial charge in [0.05, 0.1) is 18.3 Å². The molecule has 100 valence electrons. The van der Waals surface area contributed by atoms with Crippen molar-refractivity contribution in [3.8, 4) is 0 Å². The summed E-state index contributed by atoms with van der Waals surface area (Å²) >= 11 is 0. The van der Waals surface area contributed by atoms with Crippen LogP contribution >= 0.6 is 0 Å². The summed E-state index contributed by atoms with van der Waals surface area (Å²) in [5.74, 6) is -0.284. The van der Waals surface area contributed by atoms with Gasteiger partial charge in [-0.05, 0) is 26.0 Å². The second kappa shape index (κ2) is 5.36. The standard InChI is InChI=1S/C15H18N2O2/c1-15(2,14(18)19-3)16-10-12-9-8-11-6-4-5-7-13(11)17-12/h4-9,16H,10H2,1-3H3. The lowest BCUT2D eigenvalue weighted by molar-refractivity contribution is -0.147. The molecular formula is C15H18N2O2. The van der Waals surface area contributed by atoms with Gasteiger partial charge in [-0.2, -0.15) is 0 Å². The van der Waals surface area contributed by atoms with Gasteiger partial charge < -0.3 is 4.74 Å². The number of esters is 1. The number of para-hydroxylation sites is 1. The number of fused-ring (bicyclic) bond motifs is 1. The highest BCUT2D eigenvalue weighted by molar-refractivity contribution is 5.80. The number of aromatic nitrogens is 1. The van der Waals surface area contributed by atoms with Crippen LogP contribution in [0.5, 0.6) is 0 Å². The first-order valence-electron chi connectivity index (χ1n) is 6.21. The molecular weight excluding hydrogens is 240 g/mol. The van der Waals surface area contributed by atoms with Crippen LogP contribution in [0.4, 0.5) is 0 Å². The largest absolute Gasteiger partial charge is 0.468 e. The van der Waals surface area contributed by atoms with Gasteiger partial charge in [-0.3, -0.25) is 15.1 Å². The minimum absolute atomic E-state index is 0.284. The molecule has 0 bridgehead atoms. The van der Waals surface area contributed by atoms with Crippen LogP contribution in [-0.2, 0) is 16.1 Å². The number of benzene rings is 1. The van der Waals surface area contributed by atoms with Crippen molar-refractivity contribution in [2.24, 2.45) is 0 Å². The van der Waals surface area contributed by atoms with E-state index < -0.39 is 5.54 Å². The van der Waals surface area contributed by atoms with Gasteiger partial charge in [0.25, 0.3) is 0 Å². The second-order valence-electron chi connectivity index (χ2n) is 4.97. The van der Waals surface area contributed by atoms with E-state index >= 15 is 0 Å². The minimum atomic E-state index is -0.720. The van der Waals surface area contributed by atoms with Gasteiger partial charge in [-0.15, -0.1) is 0 Å². The van der Waals surface area contributed by atoms with E-state index in [1.807, 2.05) is 36.4 Å². The minimum Gasteiger partial charge on any atom is -0.468 e. The fourth-order valence-corrected chi connectivity index (χ4v) is 1.85. The monoisotopic (exact) mass is 258 g/mol. The lowest BCUT2D eigenvalue weighted by atomic mass is 10.1. The van der Waals surface area contributed by atoms with Crippen LogP contribution in [0.15, 0.2) is 36.4 Å². The van der Waals surface area contributed by atoms with E-state index in [4.69, 9.17) is 4.74 Å². The second-order valence-corrected chi connectivity index (χ2v) is 4.97. The quantitative estimate of drug-likeness (QED) is 0.855. The summed E-state index contributed by atoms with van der Waals surface area (Å²) in [5.41, 5.74) is 1.13. The SMILES string of the molecule is COC(=O)C(C)(C)NCc1ccc2ccccc2n1. The Hall–Kier alpha value is -1.94. The van der Waals surface area contributed by atoms with Crippen LogP contribution in [0.25, 0.3) is 10.9 Å². The summed E-state index contributed by atoms with van der Waals surface area (Å²) in [6.45, 7) is 4.10. The topological polar surface area (TPSA) is 51.2 Å². The highest BCUT2D eigenvalue weighted by atomic mass is 16.5. The van der Waals surface area contributed by atoms with E-state index in [2.05, 4.69) is 10.3 Å². The molecule has 0 saturated heterocycles. The van der Waals surface area contributed by atoms with Gasteiger partial charge in [0.2, 0.25) is 0 Å². The van der Waals surface area contributed by atoms with Crippen molar-refractivity contribution >= 4 is 16.9 Å². The highest BCUT2D eigenvalue weighted by Gasteiger charge is 2.27. The summed E-state index contributed by atoms with van der Waals surface area (Å²) in [4.78, 5) is 16.1. The van der Waals surface area contributed by atoms with Crippen LogP contribution in [-0.4, -0.2) is 23.6 Å². The fourth-order valence-electron chi connectivity index (χ4n) is 1.85. The van der Waals surface area contributed by atoms with Gasteiger partial charge in [0.15, 0.2) is 0 Å². The Kier molecular flexibility index (Phi) is 3.81. The van der Waals surface area contributed by atoms with Crippen LogP contribution < -0.4 is 5.32 Å². The number of rotatable bonds is 4. The van der Waals surface area contributed by atoms with Gasteiger partial charge >= 0.3 is 5.97 Å². The Bertz CT molecular complexity index is 593. The summed E-state index contributed by atoms with van der Waals surface area (Å²) in [5, 5.41) is 4.26. The molecule has 1 heterocycles. The van der Waals surface area contributed by atoms with E-state index in [-0.39, 0.29) is 5.97 Å². The molecule has 4 nitrogen and oxygen atoms in total. The average molecular weight is 258 g/mol. The number of carbonyl (C=O) groups is 1. The first-order valence-corrected chi connectivity index (χ1v) is 6.21. The number of ether oxygens (including phenoxy) is 1. The maximum absolute atomic E-state index is 11.6. The van der Waals surface area contributed by atoms with Crippen LogP contribution in [0.1, 0.15) is 19.5 Å². The predicted molar refractivity (Wildman–Crippen MR) is 74.7 cm³/mol. The van der Waals surface area contributed by atoms with Crippen molar-refractivity contribution in [3.63, 3.8) is 0 Å². The smallest absolute Gasteiger partial charge is 0.325 e. The number of nitrogens with zero attached hydrogens (tertiary/aromatic N) is 1. The molecule has 2 aromatic rings. The molecule has 0 saturated carbocycles. The molecule has 0 atom stereocenters. The van der Waals surface area contributed by atoms with Gasteiger partial charge in [0, 0.05) is 11.9 Å². The van der Waals surface area contributed by atoms with E-state index in [9.17, 15) is 4.79 Å². The molecule has 1 aromatic heterocycles. The first kappa shape index (κ1) is 13.5. The zero-order valence-corrected chi connectivity index (χ0v) is 11.4. The molecule has 0 aliphatic heterocycles. The van der Waals surface area contributed by atoms with Crippen molar-refractivity contribution in [1.29, 1.82) is 0 Å². The Morgan fingerprint density at radius 2 is 2.00 bits per heavy atom. The van der Waals surface area contributed by atoms with E-state index in [0.717, 1.165) is 16.6 Å². The Morgan fingerprint density at radius 3 is 2.74 bits per heavy atom. The number of pyridine rings is 1. The Balaban J connectivity index is 2.12. The fraction of sp³-hybridized carbons (Fsp3) is 0.333. The number of carbonyl (C=O) groups excluding carboxylic acids is 1. The van der Waals surface area contributed by atoms with Crippen LogP contribution in [0.3, 0.4) is 0 Å². The number of hydrogen-bond acceptors (Lipinski definition) is 4. The number of methoxy groups -OCH3 is 1. The van der Waals surface area contributed by atoms with Gasteiger partial charge in [-0.25, -0.2) is 0 Å². The molecule has 0 unspecified atom stereocenters. The van der Waals surface area contributed by atoms with E-state index in [1.165, 1.54) is 7.11 Å². The summed E-state index contributed by atoms with van der Waals surface area (Å²) in [6.07, 6.45) is 0. The maximum atomic E-state index is 11.6. The molecule has 19 heavy (non-hydrogen) atoms. The third kappa shape index (κ3) is 3.09.